The average molecular weight is 300 g/mol. The van der Waals surface area contributed by atoms with Crippen LogP contribution in [0, 0.1) is 0 Å². The highest BCUT2D eigenvalue weighted by atomic mass is 16.2. The molecule has 2 aromatic rings. The summed E-state index contributed by atoms with van der Waals surface area (Å²) in [5, 5.41) is 0. The predicted molar refractivity (Wildman–Crippen MR) is 86.2 cm³/mol. The fourth-order valence-corrected chi connectivity index (χ4v) is 2.70. The van der Waals surface area contributed by atoms with E-state index in [1.54, 1.807) is 0 Å². The van der Waals surface area contributed by atoms with Crippen LogP contribution in [0.25, 0.3) is 0 Å². The van der Waals surface area contributed by atoms with Crippen LogP contribution in [0.5, 0.6) is 0 Å². The molecule has 0 atom stereocenters. The van der Waals surface area contributed by atoms with E-state index in [4.69, 9.17) is 0 Å². The summed E-state index contributed by atoms with van der Waals surface area (Å²) in [6.45, 7) is 4.35. The van der Waals surface area contributed by atoms with E-state index >= 15 is 0 Å². The summed E-state index contributed by atoms with van der Waals surface area (Å²) >= 11 is 0. The molecule has 22 heavy (non-hydrogen) atoms. The lowest BCUT2D eigenvalue weighted by molar-refractivity contribution is 0.249. The Kier molecular flexibility index (Phi) is 4.11. The van der Waals surface area contributed by atoms with Crippen LogP contribution in [-0.4, -0.2) is 40.6 Å². The van der Waals surface area contributed by atoms with Gasteiger partial charge in [-0.15, -0.1) is 0 Å². The van der Waals surface area contributed by atoms with E-state index in [0.29, 0.717) is 5.82 Å². The topological polar surface area (TPSA) is 61.3 Å². The van der Waals surface area contributed by atoms with Gasteiger partial charge in [-0.3, -0.25) is 19.2 Å². The number of nitrogens with zero attached hydrogens (tertiary/aromatic N) is 3. The Hall–Kier alpha value is -2.34. The van der Waals surface area contributed by atoms with E-state index in [0.717, 1.165) is 37.3 Å². The maximum atomic E-state index is 11.7. The molecule has 0 bridgehead atoms. The van der Waals surface area contributed by atoms with Crippen LogP contribution < -0.4 is 16.1 Å². The summed E-state index contributed by atoms with van der Waals surface area (Å²) in [6.07, 6.45) is 0. The van der Waals surface area contributed by atoms with Crippen LogP contribution in [-0.2, 0) is 13.6 Å². The number of benzene rings is 1. The molecule has 1 saturated heterocycles. The molecule has 0 saturated carbocycles. The highest BCUT2D eigenvalue weighted by Gasteiger charge is 2.18. The standard InChI is InChI=1S/C16H20N4O2/c1-18-15(21)11-14(17-16(18)22)20-9-7-19(8-10-20)12-13-5-3-2-4-6-13/h2-6,11H,7-10,12H2,1H3,(H,17,22). The van der Waals surface area contributed by atoms with Crippen molar-refractivity contribution >= 4 is 5.82 Å². The van der Waals surface area contributed by atoms with Gasteiger partial charge in [0.2, 0.25) is 0 Å². The quantitative estimate of drug-likeness (QED) is 0.891. The summed E-state index contributed by atoms with van der Waals surface area (Å²) in [5.74, 6) is 0.618. The maximum absolute atomic E-state index is 11.7. The molecule has 6 nitrogen and oxygen atoms in total. The fraction of sp³-hybridized carbons (Fsp3) is 0.375. The van der Waals surface area contributed by atoms with Gasteiger partial charge in [0, 0.05) is 45.8 Å². The molecule has 1 fully saturated rings. The van der Waals surface area contributed by atoms with Crippen LogP contribution in [0.3, 0.4) is 0 Å². The smallest absolute Gasteiger partial charge is 0.329 e. The number of hydrogen-bond donors (Lipinski definition) is 1. The van der Waals surface area contributed by atoms with Crippen molar-refractivity contribution in [3.63, 3.8) is 0 Å². The number of anilines is 1. The third-order valence-corrected chi connectivity index (χ3v) is 4.09. The number of rotatable bonds is 3. The second kappa shape index (κ2) is 6.19. The van der Waals surface area contributed by atoms with Gasteiger partial charge in [0.15, 0.2) is 0 Å². The second-order valence-corrected chi connectivity index (χ2v) is 5.61. The molecule has 0 spiro atoms. The number of aromatic nitrogens is 2. The summed E-state index contributed by atoms with van der Waals surface area (Å²) in [5.41, 5.74) is 0.664. The molecule has 2 heterocycles. The number of piperazine rings is 1. The van der Waals surface area contributed by atoms with Gasteiger partial charge >= 0.3 is 5.69 Å². The third-order valence-electron chi connectivity index (χ3n) is 4.09. The minimum Gasteiger partial charge on any atom is -0.355 e. The Morgan fingerprint density at radius 3 is 2.36 bits per heavy atom. The minimum absolute atomic E-state index is 0.273. The lowest BCUT2D eigenvalue weighted by Gasteiger charge is -2.35. The predicted octanol–water partition coefficient (Wildman–Crippen LogP) is 0.396. The average Bonchev–Trinajstić information content (AvgIpc) is 2.54. The molecular weight excluding hydrogens is 280 g/mol. The van der Waals surface area contributed by atoms with Crippen molar-refractivity contribution < 1.29 is 0 Å². The Bertz CT molecular complexity index is 711. The molecule has 0 unspecified atom stereocenters. The molecule has 0 aliphatic carbocycles. The van der Waals surface area contributed by atoms with E-state index in [2.05, 4.69) is 39.0 Å². The molecule has 1 aromatic heterocycles. The lowest BCUT2D eigenvalue weighted by atomic mass is 10.2. The Morgan fingerprint density at radius 1 is 1.05 bits per heavy atom. The molecule has 0 amide bonds. The summed E-state index contributed by atoms with van der Waals surface area (Å²) in [6, 6.07) is 11.9. The molecule has 1 aromatic carbocycles. The van der Waals surface area contributed by atoms with Crippen molar-refractivity contribution in [2.75, 3.05) is 31.1 Å². The number of H-pyrrole nitrogens is 1. The first kappa shape index (κ1) is 14.6. The van der Waals surface area contributed by atoms with Gasteiger partial charge < -0.3 is 4.90 Å². The lowest BCUT2D eigenvalue weighted by Crippen LogP contribution is -2.47. The van der Waals surface area contributed by atoms with Gasteiger partial charge in [-0.25, -0.2) is 4.79 Å². The van der Waals surface area contributed by atoms with Gasteiger partial charge in [0.25, 0.3) is 5.56 Å². The Morgan fingerprint density at radius 2 is 1.73 bits per heavy atom. The van der Waals surface area contributed by atoms with E-state index in [-0.39, 0.29) is 11.2 Å². The third kappa shape index (κ3) is 3.12. The fourth-order valence-electron chi connectivity index (χ4n) is 2.70. The van der Waals surface area contributed by atoms with Crippen LogP contribution in [0.4, 0.5) is 5.82 Å². The van der Waals surface area contributed by atoms with E-state index in [9.17, 15) is 9.59 Å². The highest BCUT2D eigenvalue weighted by molar-refractivity contribution is 5.37. The number of hydrogen-bond acceptors (Lipinski definition) is 4. The normalized spacial score (nSPS) is 16.0. The first-order valence-corrected chi connectivity index (χ1v) is 7.45. The van der Waals surface area contributed by atoms with E-state index < -0.39 is 0 Å². The zero-order chi connectivity index (χ0) is 15.5. The Balaban J connectivity index is 1.65. The molecular formula is C16H20N4O2. The van der Waals surface area contributed by atoms with E-state index in [1.807, 2.05) is 6.07 Å². The van der Waals surface area contributed by atoms with Crippen molar-refractivity contribution in [3.05, 3.63) is 62.8 Å². The second-order valence-electron chi connectivity index (χ2n) is 5.61. The van der Waals surface area contributed by atoms with Crippen LogP contribution in [0.1, 0.15) is 5.56 Å². The summed E-state index contributed by atoms with van der Waals surface area (Å²) in [4.78, 5) is 30.6. The largest absolute Gasteiger partial charge is 0.355 e. The monoisotopic (exact) mass is 300 g/mol. The zero-order valence-corrected chi connectivity index (χ0v) is 12.7. The van der Waals surface area contributed by atoms with Crippen molar-refractivity contribution in [3.8, 4) is 0 Å². The van der Waals surface area contributed by atoms with Gasteiger partial charge in [-0.05, 0) is 5.56 Å². The van der Waals surface area contributed by atoms with Crippen molar-refractivity contribution in [2.24, 2.45) is 7.05 Å². The first-order chi connectivity index (χ1) is 10.6. The summed E-state index contributed by atoms with van der Waals surface area (Å²) < 4.78 is 1.08. The minimum atomic E-state index is -0.366. The highest BCUT2D eigenvalue weighted by Crippen LogP contribution is 2.12. The van der Waals surface area contributed by atoms with Crippen molar-refractivity contribution in [1.29, 1.82) is 0 Å². The van der Waals surface area contributed by atoms with E-state index in [1.165, 1.54) is 18.7 Å². The SMILES string of the molecule is Cn1c(=O)cc(N2CCN(Cc3ccccc3)CC2)[nH]c1=O. The number of aromatic amines is 1. The molecule has 1 aliphatic rings. The first-order valence-electron chi connectivity index (χ1n) is 7.45. The zero-order valence-electron chi connectivity index (χ0n) is 12.7. The molecule has 1 N–H and O–H groups in total. The molecule has 1 aliphatic heterocycles. The van der Waals surface area contributed by atoms with Gasteiger partial charge in [-0.2, -0.15) is 0 Å². The summed E-state index contributed by atoms with van der Waals surface area (Å²) in [7, 11) is 1.47. The molecule has 116 valence electrons. The van der Waals surface area contributed by atoms with Crippen LogP contribution in [0.2, 0.25) is 0 Å². The van der Waals surface area contributed by atoms with Gasteiger partial charge in [0.1, 0.15) is 5.82 Å². The van der Waals surface area contributed by atoms with Gasteiger partial charge in [-0.1, -0.05) is 30.3 Å². The van der Waals surface area contributed by atoms with Crippen LogP contribution >= 0.6 is 0 Å². The van der Waals surface area contributed by atoms with Crippen molar-refractivity contribution in [2.45, 2.75) is 6.54 Å². The molecule has 3 rings (SSSR count). The van der Waals surface area contributed by atoms with Crippen LogP contribution in [0.15, 0.2) is 46.0 Å². The maximum Gasteiger partial charge on any atom is 0.329 e. The number of nitrogens with one attached hydrogen (secondary N) is 1. The van der Waals surface area contributed by atoms with Gasteiger partial charge in [0.05, 0.1) is 0 Å². The molecule has 0 radical (unpaired) electrons. The van der Waals surface area contributed by atoms with Crippen molar-refractivity contribution in [1.82, 2.24) is 14.5 Å². The molecule has 6 heteroatoms. The Labute approximate surface area is 128 Å².